The van der Waals surface area contributed by atoms with Crippen molar-refractivity contribution in [3.63, 3.8) is 0 Å². The van der Waals surface area contributed by atoms with Crippen molar-refractivity contribution in [3.05, 3.63) is 45.6 Å². The molecular formula is C16H15Cl2N5O2S2. The van der Waals surface area contributed by atoms with Gasteiger partial charge in [-0.25, -0.2) is 4.98 Å². The number of halogens is 2. The topological polar surface area (TPSA) is 81.9 Å². The summed E-state index contributed by atoms with van der Waals surface area (Å²) < 4.78 is 7.46. The summed E-state index contributed by atoms with van der Waals surface area (Å²) in [6.45, 7) is 1.98. The number of ether oxygens (including phenoxy) is 1. The van der Waals surface area contributed by atoms with Crippen molar-refractivity contribution in [2.24, 2.45) is 7.05 Å². The lowest BCUT2D eigenvalue weighted by Crippen LogP contribution is -2.22. The third-order valence-corrected chi connectivity index (χ3v) is 5.84. The summed E-state index contributed by atoms with van der Waals surface area (Å²) in [6, 6.07) is 5.00. The minimum absolute atomic E-state index is 0.149. The molecule has 1 atom stereocenters. The first kappa shape index (κ1) is 19.9. The molecule has 11 heteroatoms. The number of amides is 1. The SMILES string of the molecule is CC(Sc1nnc(COc2ccc(Cl)cc2Cl)n1C)C(=O)Nc1nccs1. The van der Waals surface area contributed by atoms with Gasteiger partial charge in [0.05, 0.1) is 10.3 Å². The molecule has 0 aliphatic carbocycles. The van der Waals surface area contributed by atoms with Gasteiger partial charge in [0.2, 0.25) is 5.91 Å². The van der Waals surface area contributed by atoms with Crippen LogP contribution < -0.4 is 10.1 Å². The van der Waals surface area contributed by atoms with Crippen molar-refractivity contribution in [3.8, 4) is 5.75 Å². The van der Waals surface area contributed by atoms with Crippen LogP contribution in [-0.2, 0) is 18.4 Å². The molecule has 0 aliphatic rings. The Kier molecular flexibility index (Phi) is 6.59. The maximum atomic E-state index is 12.2. The van der Waals surface area contributed by atoms with Gasteiger partial charge in [0.1, 0.15) is 12.4 Å². The Labute approximate surface area is 174 Å². The average Bonchev–Trinajstić information content (AvgIpc) is 3.25. The highest BCUT2D eigenvalue weighted by Crippen LogP contribution is 2.28. The molecule has 2 aromatic heterocycles. The molecule has 0 radical (unpaired) electrons. The van der Waals surface area contributed by atoms with Crippen molar-refractivity contribution in [1.82, 2.24) is 19.7 Å². The van der Waals surface area contributed by atoms with Crippen molar-refractivity contribution in [1.29, 1.82) is 0 Å². The van der Waals surface area contributed by atoms with Gasteiger partial charge in [-0.15, -0.1) is 21.5 Å². The van der Waals surface area contributed by atoms with E-state index >= 15 is 0 Å². The summed E-state index contributed by atoms with van der Waals surface area (Å²) in [4.78, 5) is 16.3. The van der Waals surface area contributed by atoms with Crippen LogP contribution in [0, 0.1) is 0 Å². The van der Waals surface area contributed by atoms with Gasteiger partial charge in [0.15, 0.2) is 16.1 Å². The molecule has 1 amide bonds. The van der Waals surface area contributed by atoms with Crippen LogP contribution in [0.1, 0.15) is 12.7 Å². The molecule has 0 aliphatic heterocycles. The van der Waals surface area contributed by atoms with Crippen molar-refractivity contribution in [2.75, 3.05) is 5.32 Å². The predicted octanol–water partition coefficient (Wildman–Crippen LogP) is 4.28. The largest absolute Gasteiger partial charge is 0.484 e. The van der Waals surface area contributed by atoms with E-state index in [-0.39, 0.29) is 17.8 Å². The first-order chi connectivity index (χ1) is 12.9. The molecule has 0 saturated heterocycles. The molecule has 1 unspecified atom stereocenters. The lowest BCUT2D eigenvalue weighted by Gasteiger charge is -2.11. The van der Waals surface area contributed by atoms with Crippen LogP contribution in [0.2, 0.25) is 10.0 Å². The molecule has 0 saturated carbocycles. The number of hydrogen-bond donors (Lipinski definition) is 1. The Morgan fingerprint density at radius 3 is 2.93 bits per heavy atom. The van der Waals surface area contributed by atoms with E-state index in [1.807, 2.05) is 7.05 Å². The van der Waals surface area contributed by atoms with Crippen LogP contribution in [0.4, 0.5) is 5.13 Å². The van der Waals surface area contributed by atoms with Crippen LogP contribution in [0.5, 0.6) is 5.75 Å². The van der Waals surface area contributed by atoms with E-state index in [1.54, 1.807) is 41.3 Å². The third-order valence-electron chi connectivity index (χ3n) is 3.49. The highest BCUT2D eigenvalue weighted by molar-refractivity contribution is 8.00. The van der Waals surface area contributed by atoms with Gasteiger partial charge in [-0.05, 0) is 25.1 Å². The van der Waals surface area contributed by atoms with E-state index in [0.29, 0.717) is 31.9 Å². The molecule has 2 heterocycles. The molecule has 0 bridgehead atoms. The molecule has 27 heavy (non-hydrogen) atoms. The Hall–Kier alpha value is -1.81. The molecule has 7 nitrogen and oxygen atoms in total. The third kappa shape index (κ3) is 5.13. The number of thioether (sulfide) groups is 1. The van der Waals surface area contributed by atoms with Gasteiger partial charge >= 0.3 is 0 Å². The van der Waals surface area contributed by atoms with Crippen molar-refractivity contribution >= 4 is 57.3 Å². The number of carbonyl (C=O) groups is 1. The minimum Gasteiger partial charge on any atom is -0.484 e. The highest BCUT2D eigenvalue weighted by atomic mass is 35.5. The number of anilines is 1. The van der Waals surface area contributed by atoms with E-state index in [4.69, 9.17) is 27.9 Å². The Morgan fingerprint density at radius 2 is 2.22 bits per heavy atom. The van der Waals surface area contributed by atoms with Crippen molar-refractivity contribution < 1.29 is 9.53 Å². The molecule has 142 valence electrons. The fraction of sp³-hybridized carbons (Fsp3) is 0.250. The Balaban J connectivity index is 1.60. The van der Waals surface area contributed by atoms with Gasteiger partial charge in [-0.2, -0.15) is 0 Å². The van der Waals surface area contributed by atoms with E-state index in [2.05, 4.69) is 20.5 Å². The number of aromatic nitrogens is 4. The quantitative estimate of drug-likeness (QED) is 0.548. The fourth-order valence-corrected chi connectivity index (χ4v) is 3.84. The summed E-state index contributed by atoms with van der Waals surface area (Å²) in [7, 11) is 1.82. The summed E-state index contributed by atoms with van der Waals surface area (Å²) >= 11 is 14.6. The maximum Gasteiger partial charge on any atom is 0.239 e. The Bertz CT molecular complexity index is 933. The van der Waals surface area contributed by atoms with Gasteiger partial charge in [-0.1, -0.05) is 35.0 Å². The molecule has 1 aromatic carbocycles. The fourth-order valence-electron chi connectivity index (χ4n) is 2.01. The normalized spacial score (nSPS) is 12.0. The standard InChI is InChI=1S/C16H15Cl2N5O2S2/c1-9(14(24)20-15-19-5-6-26-15)27-16-22-21-13(23(16)2)8-25-12-4-3-10(17)7-11(12)18/h3-7,9H,8H2,1-2H3,(H,19,20,24). The van der Waals surface area contributed by atoms with Gasteiger partial charge in [0.25, 0.3) is 0 Å². The first-order valence-corrected chi connectivity index (χ1v) is 10.3. The van der Waals surface area contributed by atoms with E-state index in [0.717, 1.165) is 0 Å². The first-order valence-electron chi connectivity index (χ1n) is 7.77. The minimum atomic E-state index is -0.365. The van der Waals surface area contributed by atoms with E-state index in [1.165, 1.54) is 23.1 Å². The number of thiazole rings is 1. The van der Waals surface area contributed by atoms with Crippen LogP contribution in [0.3, 0.4) is 0 Å². The molecular weight excluding hydrogens is 429 g/mol. The van der Waals surface area contributed by atoms with Gasteiger partial charge in [-0.3, -0.25) is 4.79 Å². The zero-order valence-electron chi connectivity index (χ0n) is 14.3. The van der Waals surface area contributed by atoms with Crippen LogP contribution in [0.25, 0.3) is 0 Å². The van der Waals surface area contributed by atoms with E-state index in [9.17, 15) is 4.79 Å². The highest BCUT2D eigenvalue weighted by Gasteiger charge is 2.20. The lowest BCUT2D eigenvalue weighted by atomic mass is 10.3. The number of rotatable bonds is 7. The monoisotopic (exact) mass is 443 g/mol. The number of nitrogens with zero attached hydrogens (tertiary/aromatic N) is 4. The summed E-state index contributed by atoms with van der Waals surface area (Å²) in [5, 5.41) is 14.6. The predicted molar refractivity (Wildman–Crippen MR) is 108 cm³/mol. The maximum absolute atomic E-state index is 12.2. The number of benzene rings is 1. The number of carbonyl (C=O) groups excluding carboxylic acids is 1. The lowest BCUT2D eigenvalue weighted by molar-refractivity contribution is -0.115. The summed E-state index contributed by atoms with van der Waals surface area (Å²) in [5.74, 6) is 0.967. The van der Waals surface area contributed by atoms with E-state index < -0.39 is 0 Å². The zero-order chi connectivity index (χ0) is 19.4. The van der Waals surface area contributed by atoms with Crippen LogP contribution >= 0.6 is 46.3 Å². The smallest absolute Gasteiger partial charge is 0.239 e. The van der Waals surface area contributed by atoms with Gasteiger partial charge < -0.3 is 14.6 Å². The average molecular weight is 444 g/mol. The number of hydrogen-bond acceptors (Lipinski definition) is 7. The second kappa shape index (κ2) is 8.92. The molecule has 3 rings (SSSR count). The second-order valence-corrected chi connectivity index (χ2v) is 8.45. The van der Waals surface area contributed by atoms with Crippen LogP contribution in [0.15, 0.2) is 34.9 Å². The summed E-state index contributed by atoms with van der Waals surface area (Å²) in [6.07, 6.45) is 1.64. The zero-order valence-corrected chi connectivity index (χ0v) is 17.5. The van der Waals surface area contributed by atoms with Gasteiger partial charge in [0, 0.05) is 23.6 Å². The molecule has 3 aromatic rings. The second-order valence-electron chi connectivity index (χ2n) is 5.41. The Morgan fingerprint density at radius 1 is 1.41 bits per heavy atom. The molecule has 1 N–H and O–H groups in total. The molecule has 0 spiro atoms. The summed E-state index contributed by atoms with van der Waals surface area (Å²) in [5.41, 5.74) is 0. The van der Waals surface area contributed by atoms with Crippen molar-refractivity contribution in [2.45, 2.75) is 23.9 Å². The number of nitrogens with one attached hydrogen (secondary N) is 1. The van der Waals surface area contributed by atoms with Crippen LogP contribution in [-0.4, -0.2) is 30.9 Å². The molecule has 0 fully saturated rings.